The third-order valence-corrected chi connectivity index (χ3v) is 2.57. The van der Waals surface area contributed by atoms with Crippen LogP contribution < -0.4 is 11.1 Å². The highest BCUT2D eigenvalue weighted by molar-refractivity contribution is 5.85. The topological polar surface area (TPSA) is 79.6 Å². The fourth-order valence-electron chi connectivity index (χ4n) is 1.62. The van der Waals surface area contributed by atoms with Crippen LogP contribution in [-0.4, -0.2) is 21.0 Å². The summed E-state index contributed by atoms with van der Waals surface area (Å²) >= 11 is 0. The Balaban J connectivity index is 2.06. The van der Waals surface area contributed by atoms with E-state index in [1.165, 1.54) is 12.8 Å². The number of anilines is 1. The van der Waals surface area contributed by atoms with E-state index in [2.05, 4.69) is 20.3 Å². The molecule has 0 bridgehead atoms. The quantitative estimate of drug-likeness (QED) is 0.695. The maximum Gasteiger partial charge on any atom is 0.179 e. The van der Waals surface area contributed by atoms with Crippen molar-refractivity contribution in [1.82, 2.24) is 15.0 Å². The molecule has 1 aliphatic rings. The Morgan fingerprint density at radius 1 is 1.53 bits per heavy atom. The lowest BCUT2D eigenvalue weighted by Crippen LogP contribution is -2.01. The van der Waals surface area contributed by atoms with Crippen LogP contribution in [0.15, 0.2) is 12.3 Å². The van der Waals surface area contributed by atoms with Gasteiger partial charge in [0.05, 0.1) is 12.2 Å². The zero-order valence-electron chi connectivity index (χ0n) is 8.33. The first kappa shape index (κ1) is 8.67. The fourth-order valence-corrected chi connectivity index (χ4v) is 1.62. The molecule has 0 aromatic carbocycles. The summed E-state index contributed by atoms with van der Waals surface area (Å²) in [7, 11) is 0. The normalized spacial score (nSPS) is 15.8. The van der Waals surface area contributed by atoms with Gasteiger partial charge in [-0.25, -0.2) is 9.97 Å². The number of aromatic nitrogens is 3. The highest BCUT2D eigenvalue weighted by Crippen LogP contribution is 2.27. The van der Waals surface area contributed by atoms with E-state index < -0.39 is 0 Å². The van der Waals surface area contributed by atoms with Crippen molar-refractivity contribution in [3.8, 4) is 0 Å². The van der Waals surface area contributed by atoms with Crippen LogP contribution in [0.2, 0.25) is 0 Å². The van der Waals surface area contributed by atoms with Crippen LogP contribution in [0.3, 0.4) is 0 Å². The number of nitrogens with two attached hydrogens (primary N) is 1. The molecule has 0 radical (unpaired) electrons. The number of aromatic amines is 1. The lowest BCUT2D eigenvalue weighted by atomic mass is 10.3. The minimum atomic E-state index is 0.416. The molecule has 0 spiro atoms. The summed E-state index contributed by atoms with van der Waals surface area (Å²) in [4.78, 5) is 11.7. The molecule has 1 aliphatic carbocycles. The second-order valence-electron chi connectivity index (χ2n) is 3.86. The number of hydrogen-bond donors (Lipinski definition) is 3. The smallest absolute Gasteiger partial charge is 0.179 e. The van der Waals surface area contributed by atoms with E-state index >= 15 is 0 Å². The highest BCUT2D eigenvalue weighted by atomic mass is 15.0. The summed E-state index contributed by atoms with van der Waals surface area (Å²) in [5, 5.41) is 3.44. The van der Waals surface area contributed by atoms with Crippen molar-refractivity contribution >= 4 is 16.9 Å². The van der Waals surface area contributed by atoms with Gasteiger partial charge in [0.25, 0.3) is 0 Å². The monoisotopic (exact) mass is 203 g/mol. The summed E-state index contributed by atoms with van der Waals surface area (Å²) in [5.41, 5.74) is 8.31. The van der Waals surface area contributed by atoms with Crippen molar-refractivity contribution in [3.63, 3.8) is 0 Å². The molecular weight excluding hydrogens is 190 g/mol. The summed E-state index contributed by atoms with van der Waals surface area (Å²) in [6.45, 7) is 0.416. The van der Waals surface area contributed by atoms with Crippen molar-refractivity contribution in [2.75, 3.05) is 5.32 Å². The molecule has 2 heterocycles. The molecule has 0 aliphatic heterocycles. The van der Waals surface area contributed by atoms with E-state index in [-0.39, 0.29) is 0 Å². The fraction of sp³-hybridized carbons (Fsp3) is 0.400. The van der Waals surface area contributed by atoms with Gasteiger partial charge in [0, 0.05) is 12.2 Å². The molecule has 0 amide bonds. The molecule has 4 N–H and O–H groups in total. The number of nitrogens with one attached hydrogen (secondary N) is 2. The Labute approximate surface area is 87.1 Å². The first-order chi connectivity index (χ1) is 7.36. The SMILES string of the molecule is NCc1nc2nccc(NC3CC3)c2[nH]1. The van der Waals surface area contributed by atoms with Gasteiger partial charge in [-0.1, -0.05) is 0 Å². The molecular formula is C10H13N5. The number of nitrogens with zero attached hydrogens (tertiary/aromatic N) is 2. The summed E-state index contributed by atoms with van der Waals surface area (Å²) in [5.74, 6) is 0.780. The van der Waals surface area contributed by atoms with E-state index in [1.807, 2.05) is 6.07 Å². The molecule has 0 unspecified atom stereocenters. The third-order valence-electron chi connectivity index (χ3n) is 2.57. The maximum absolute atomic E-state index is 5.54. The number of H-pyrrole nitrogens is 1. The van der Waals surface area contributed by atoms with Gasteiger partial charge < -0.3 is 16.0 Å². The van der Waals surface area contributed by atoms with Crippen LogP contribution >= 0.6 is 0 Å². The van der Waals surface area contributed by atoms with Gasteiger partial charge in [-0.3, -0.25) is 0 Å². The van der Waals surface area contributed by atoms with E-state index in [4.69, 9.17) is 5.73 Å². The van der Waals surface area contributed by atoms with Gasteiger partial charge in [-0.05, 0) is 18.9 Å². The number of fused-ring (bicyclic) bond motifs is 1. The van der Waals surface area contributed by atoms with Gasteiger partial charge in [-0.15, -0.1) is 0 Å². The molecule has 1 fully saturated rings. The zero-order valence-corrected chi connectivity index (χ0v) is 8.33. The van der Waals surface area contributed by atoms with Crippen molar-refractivity contribution in [2.45, 2.75) is 25.4 Å². The largest absolute Gasteiger partial charge is 0.380 e. The van der Waals surface area contributed by atoms with Gasteiger partial charge in [-0.2, -0.15) is 0 Å². The summed E-state index contributed by atoms with van der Waals surface area (Å²) in [6.07, 6.45) is 4.28. The molecule has 2 aromatic heterocycles. The second-order valence-corrected chi connectivity index (χ2v) is 3.86. The molecule has 0 saturated heterocycles. The Kier molecular flexibility index (Phi) is 1.85. The average Bonchev–Trinajstić information content (AvgIpc) is 2.96. The Bertz CT molecular complexity index is 486. The number of imidazole rings is 1. The predicted octanol–water partition coefficient (Wildman–Crippen LogP) is 0.991. The van der Waals surface area contributed by atoms with Crippen LogP contribution in [0.1, 0.15) is 18.7 Å². The van der Waals surface area contributed by atoms with E-state index in [9.17, 15) is 0 Å². The Morgan fingerprint density at radius 3 is 3.13 bits per heavy atom. The zero-order chi connectivity index (χ0) is 10.3. The standard InChI is InChI=1S/C10H13N5/c11-5-8-14-9-7(13-6-1-2-6)3-4-12-10(9)15-8/h3-4,6H,1-2,5,11H2,(H2,12,13,14,15). The highest BCUT2D eigenvalue weighted by Gasteiger charge is 2.22. The molecule has 78 valence electrons. The molecule has 5 heteroatoms. The van der Waals surface area contributed by atoms with Crippen LogP contribution in [0.5, 0.6) is 0 Å². The van der Waals surface area contributed by atoms with Crippen LogP contribution in [0.4, 0.5) is 5.69 Å². The van der Waals surface area contributed by atoms with Crippen molar-refractivity contribution in [2.24, 2.45) is 5.73 Å². The Hall–Kier alpha value is -1.62. The predicted molar refractivity (Wildman–Crippen MR) is 58.4 cm³/mol. The van der Waals surface area contributed by atoms with Crippen molar-refractivity contribution in [3.05, 3.63) is 18.1 Å². The van der Waals surface area contributed by atoms with Crippen molar-refractivity contribution in [1.29, 1.82) is 0 Å². The van der Waals surface area contributed by atoms with E-state index in [0.29, 0.717) is 12.6 Å². The summed E-state index contributed by atoms with van der Waals surface area (Å²) in [6, 6.07) is 2.60. The molecule has 0 atom stereocenters. The second kappa shape index (κ2) is 3.20. The molecule has 1 saturated carbocycles. The lowest BCUT2D eigenvalue weighted by molar-refractivity contribution is 0.956. The number of pyridine rings is 1. The van der Waals surface area contributed by atoms with Gasteiger partial charge in [0.2, 0.25) is 0 Å². The van der Waals surface area contributed by atoms with Gasteiger partial charge >= 0.3 is 0 Å². The van der Waals surface area contributed by atoms with Gasteiger partial charge in [0.1, 0.15) is 11.3 Å². The first-order valence-electron chi connectivity index (χ1n) is 5.17. The van der Waals surface area contributed by atoms with Crippen LogP contribution in [-0.2, 0) is 6.54 Å². The first-order valence-corrected chi connectivity index (χ1v) is 5.17. The van der Waals surface area contributed by atoms with Crippen molar-refractivity contribution < 1.29 is 0 Å². The number of rotatable bonds is 3. The lowest BCUT2D eigenvalue weighted by Gasteiger charge is -2.03. The van der Waals surface area contributed by atoms with E-state index in [1.54, 1.807) is 6.20 Å². The van der Waals surface area contributed by atoms with Crippen LogP contribution in [0.25, 0.3) is 11.2 Å². The number of hydrogen-bond acceptors (Lipinski definition) is 4. The summed E-state index contributed by atoms with van der Waals surface area (Å²) < 4.78 is 0. The van der Waals surface area contributed by atoms with E-state index in [0.717, 1.165) is 22.7 Å². The average molecular weight is 203 g/mol. The molecule has 3 rings (SSSR count). The molecule has 2 aromatic rings. The molecule has 5 nitrogen and oxygen atoms in total. The molecule has 15 heavy (non-hydrogen) atoms. The van der Waals surface area contributed by atoms with Crippen LogP contribution in [0, 0.1) is 0 Å². The van der Waals surface area contributed by atoms with Gasteiger partial charge in [0.15, 0.2) is 5.65 Å². The minimum absolute atomic E-state index is 0.416. The Morgan fingerprint density at radius 2 is 2.40 bits per heavy atom. The third kappa shape index (κ3) is 1.55. The maximum atomic E-state index is 5.54. The minimum Gasteiger partial charge on any atom is -0.380 e.